The van der Waals surface area contributed by atoms with Crippen LogP contribution in [0.5, 0.6) is 0 Å². The van der Waals surface area contributed by atoms with Crippen LogP contribution in [0.2, 0.25) is 0 Å². The van der Waals surface area contributed by atoms with Crippen molar-refractivity contribution >= 4 is 40.7 Å². The van der Waals surface area contributed by atoms with Gasteiger partial charge in [0.1, 0.15) is 0 Å². The van der Waals surface area contributed by atoms with E-state index < -0.39 is 22.4 Å². The molecule has 96 valence electrons. The molecule has 0 aliphatic rings. The summed E-state index contributed by atoms with van der Waals surface area (Å²) < 4.78 is 25.3. The number of hydrogen-bond acceptors (Lipinski definition) is 5. The van der Waals surface area contributed by atoms with Crippen LogP contribution in [0.25, 0.3) is 0 Å². The molecular formula is C8H14BClN2O4S. The number of rotatable bonds is 4. The molecule has 0 saturated carbocycles. The van der Waals surface area contributed by atoms with E-state index in [9.17, 15) is 8.42 Å². The Kier molecular flexibility index (Phi) is 5.90. The number of nitrogens with zero attached hydrogens (tertiary/aromatic N) is 1. The molecule has 0 aromatic carbocycles. The van der Waals surface area contributed by atoms with E-state index in [1.165, 1.54) is 18.5 Å². The summed E-state index contributed by atoms with van der Waals surface area (Å²) in [6.45, 7) is 3.08. The fourth-order valence-electron chi connectivity index (χ4n) is 0.937. The van der Waals surface area contributed by atoms with E-state index >= 15 is 0 Å². The summed E-state index contributed by atoms with van der Waals surface area (Å²) in [5.74, 6) is 0. The van der Waals surface area contributed by atoms with Gasteiger partial charge >= 0.3 is 7.12 Å². The van der Waals surface area contributed by atoms with Crippen molar-refractivity contribution in [1.29, 1.82) is 0 Å². The van der Waals surface area contributed by atoms with Crippen molar-refractivity contribution in [3.63, 3.8) is 0 Å². The molecule has 0 aliphatic carbocycles. The Balaban J connectivity index is 0.00000256. The van der Waals surface area contributed by atoms with Crippen molar-refractivity contribution < 1.29 is 18.5 Å². The Bertz CT molecular complexity index is 466. The van der Waals surface area contributed by atoms with Gasteiger partial charge in [-0.2, -0.15) is 0 Å². The Morgan fingerprint density at radius 2 is 1.94 bits per heavy atom. The normalized spacial score (nSPS) is 10.9. The second-order valence-electron chi connectivity index (χ2n) is 3.58. The molecule has 0 atom stereocenters. The van der Waals surface area contributed by atoms with Gasteiger partial charge in [0.2, 0.25) is 10.0 Å². The summed E-state index contributed by atoms with van der Waals surface area (Å²) in [6.07, 6.45) is 2.55. The zero-order valence-electron chi connectivity index (χ0n) is 9.36. The molecule has 6 nitrogen and oxygen atoms in total. The third-order valence-corrected chi connectivity index (χ3v) is 3.70. The van der Waals surface area contributed by atoms with Crippen LogP contribution in [0.15, 0.2) is 18.5 Å². The van der Waals surface area contributed by atoms with E-state index in [0.29, 0.717) is 0 Å². The van der Waals surface area contributed by atoms with Crippen LogP contribution in [-0.2, 0) is 10.0 Å². The zero-order valence-corrected chi connectivity index (χ0v) is 11.0. The molecule has 0 fully saturated rings. The fourth-order valence-corrected chi connectivity index (χ4v) is 1.61. The van der Waals surface area contributed by atoms with Crippen LogP contribution in [-0.4, -0.2) is 35.8 Å². The van der Waals surface area contributed by atoms with Crippen LogP contribution in [0.4, 0.5) is 5.69 Å². The monoisotopic (exact) mass is 280 g/mol. The first-order valence-electron chi connectivity index (χ1n) is 4.65. The molecule has 0 amide bonds. The van der Waals surface area contributed by atoms with Crippen molar-refractivity contribution in [2.75, 3.05) is 4.72 Å². The van der Waals surface area contributed by atoms with Crippen LogP contribution < -0.4 is 10.2 Å². The maximum Gasteiger partial charge on any atom is 0.490 e. The van der Waals surface area contributed by atoms with Crippen LogP contribution in [0, 0.1) is 0 Å². The predicted molar refractivity (Wildman–Crippen MR) is 69.0 cm³/mol. The van der Waals surface area contributed by atoms with Gasteiger partial charge in [0.15, 0.2) is 0 Å². The average molecular weight is 281 g/mol. The number of anilines is 1. The number of pyridine rings is 1. The van der Waals surface area contributed by atoms with Gasteiger partial charge in [-0.1, -0.05) is 0 Å². The third kappa shape index (κ3) is 4.51. The Morgan fingerprint density at radius 1 is 1.35 bits per heavy atom. The van der Waals surface area contributed by atoms with Gasteiger partial charge in [-0.3, -0.25) is 9.71 Å². The van der Waals surface area contributed by atoms with E-state index in [4.69, 9.17) is 10.0 Å². The maximum atomic E-state index is 11.5. The molecular weight excluding hydrogens is 266 g/mol. The molecule has 1 aromatic heterocycles. The van der Waals surface area contributed by atoms with Crippen molar-refractivity contribution in [1.82, 2.24) is 4.98 Å². The molecule has 0 spiro atoms. The zero-order chi connectivity index (χ0) is 12.3. The summed E-state index contributed by atoms with van der Waals surface area (Å²) >= 11 is 0. The number of nitrogens with one attached hydrogen (secondary N) is 1. The van der Waals surface area contributed by atoms with Crippen LogP contribution >= 0.6 is 12.4 Å². The highest BCUT2D eigenvalue weighted by Crippen LogP contribution is 2.08. The fraction of sp³-hybridized carbons (Fsp3) is 0.375. The first-order chi connectivity index (χ1) is 7.33. The third-order valence-electron chi connectivity index (χ3n) is 1.94. The quantitative estimate of drug-likeness (QED) is 0.636. The van der Waals surface area contributed by atoms with Gasteiger partial charge < -0.3 is 10.0 Å². The molecule has 9 heteroatoms. The van der Waals surface area contributed by atoms with Gasteiger partial charge in [-0.25, -0.2) is 8.42 Å². The highest BCUT2D eigenvalue weighted by Gasteiger charge is 2.17. The lowest BCUT2D eigenvalue weighted by Gasteiger charge is -2.11. The van der Waals surface area contributed by atoms with Gasteiger partial charge in [0.05, 0.1) is 17.1 Å². The molecule has 1 aromatic rings. The van der Waals surface area contributed by atoms with Crippen molar-refractivity contribution in [3.05, 3.63) is 18.5 Å². The topological polar surface area (TPSA) is 99.5 Å². The van der Waals surface area contributed by atoms with E-state index in [-0.39, 0.29) is 23.6 Å². The summed E-state index contributed by atoms with van der Waals surface area (Å²) in [7, 11) is -5.12. The lowest BCUT2D eigenvalue weighted by Crippen LogP contribution is -2.31. The number of aromatic nitrogens is 1. The summed E-state index contributed by atoms with van der Waals surface area (Å²) in [5.41, 5.74) is 0.336. The highest BCUT2D eigenvalue weighted by atomic mass is 35.5. The molecule has 17 heavy (non-hydrogen) atoms. The second kappa shape index (κ2) is 6.20. The first kappa shape index (κ1) is 16.2. The van der Waals surface area contributed by atoms with Gasteiger partial charge in [0.25, 0.3) is 0 Å². The lowest BCUT2D eigenvalue weighted by molar-refractivity contribution is 0.425. The Morgan fingerprint density at radius 3 is 2.41 bits per heavy atom. The Hall–Kier alpha value is -0.825. The smallest absolute Gasteiger partial charge is 0.423 e. The molecule has 1 rings (SSSR count). The minimum Gasteiger partial charge on any atom is -0.423 e. The molecule has 1 heterocycles. The lowest BCUT2D eigenvalue weighted by atomic mass is 9.81. The SMILES string of the molecule is CC(C)S(=O)(=O)Nc1cncc(B(O)O)c1.Cl. The first-order valence-corrected chi connectivity index (χ1v) is 6.20. The molecule has 0 bridgehead atoms. The van der Waals surface area contributed by atoms with Crippen LogP contribution in [0.3, 0.4) is 0 Å². The number of halogens is 1. The van der Waals surface area contributed by atoms with E-state index in [0.717, 1.165) is 0 Å². The van der Waals surface area contributed by atoms with Gasteiger partial charge in [-0.05, 0) is 19.9 Å². The summed E-state index contributed by atoms with van der Waals surface area (Å²) in [4.78, 5) is 3.70. The van der Waals surface area contributed by atoms with Gasteiger partial charge in [-0.15, -0.1) is 12.4 Å². The Labute approximate surface area is 107 Å². The molecule has 0 radical (unpaired) electrons. The van der Waals surface area contributed by atoms with Gasteiger partial charge in [0, 0.05) is 11.7 Å². The highest BCUT2D eigenvalue weighted by molar-refractivity contribution is 7.93. The molecule has 0 aliphatic heterocycles. The number of hydrogen-bond donors (Lipinski definition) is 3. The maximum absolute atomic E-state index is 11.5. The molecule has 0 unspecified atom stereocenters. The van der Waals surface area contributed by atoms with Crippen molar-refractivity contribution in [2.45, 2.75) is 19.1 Å². The minimum atomic E-state index is -3.45. The largest absolute Gasteiger partial charge is 0.490 e. The number of sulfonamides is 1. The van der Waals surface area contributed by atoms with Crippen molar-refractivity contribution in [2.24, 2.45) is 0 Å². The minimum absolute atomic E-state index is 0. The predicted octanol–water partition coefficient (Wildman–Crippen LogP) is -0.667. The van der Waals surface area contributed by atoms with Crippen LogP contribution in [0.1, 0.15) is 13.8 Å². The standard InChI is InChI=1S/C8H13BN2O4S.ClH/c1-6(2)16(14,15)11-8-3-7(9(12)13)4-10-5-8;/h3-6,11-13H,1-2H3;1H. The second-order valence-corrected chi connectivity index (χ2v) is 5.81. The summed E-state index contributed by atoms with van der Waals surface area (Å²) in [5, 5.41) is 17.2. The van der Waals surface area contributed by atoms with E-state index in [1.807, 2.05) is 0 Å². The van der Waals surface area contributed by atoms with Crippen molar-refractivity contribution in [3.8, 4) is 0 Å². The van der Waals surface area contributed by atoms with E-state index in [1.54, 1.807) is 13.8 Å². The summed E-state index contributed by atoms with van der Waals surface area (Å²) in [6, 6.07) is 1.32. The molecule has 3 N–H and O–H groups in total. The van der Waals surface area contributed by atoms with E-state index in [2.05, 4.69) is 9.71 Å². The molecule has 0 saturated heterocycles. The average Bonchev–Trinajstić information content (AvgIpc) is 2.17.